The van der Waals surface area contributed by atoms with E-state index in [0.717, 1.165) is 24.5 Å². The molecular formula is C28H36N4O11. The summed E-state index contributed by atoms with van der Waals surface area (Å²) in [7, 11) is 3.27. The van der Waals surface area contributed by atoms with Gasteiger partial charge in [0.05, 0.1) is 14.2 Å². The Morgan fingerprint density at radius 3 is 2.33 bits per heavy atom. The molecule has 15 nitrogen and oxygen atoms in total. The summed E-state index contributed by atoms with van der Waals surface area (Å²) in [5, 5.41) is 45.7. The van der Waals surface area contributed by atoms with Gasteiger partial charge in [-0.3, -0.25) is 4.79 Å². The minimum absolute atomic E-state index is 0.0153. The lowest BCUT2D eigenvalue weighted by molar-refractivity contribution is -0.384. The van der Waals surface area contributed by atoms with Crippen LogP contribution in [0.3, 0.4) is 0 Å². The summed E-state index contributed by atoms with van der Waals surface area (Å²) in [6, 6.07) is 9.57. The standard InChI is InChI=1S/C28H36N4O11/c1-15(19(41-17(3)33)16(2)14-18-10-8-7-9-11-18)12-13-26-20(34)21(35)28(43-26,25(37)40-6)27(38,24(36)39-5)22(42-26)23-29-30-31-32(23)4/h7-11,16,19-22,34-35,38H,1,12-14H2,2-6H3/t16-,19-,20-,21-,22-,26+,27-,28+/m1/s1. The molecule has 43 heavy (non-hydrogen) atoms. The number of carbonyl (C=O) groups excluding carboxylic acids is 3. The van der Waals surface area contributed by atoms with Crippen molar-refractivity contribution in [1.82, 2.24) is 20.2 Å². The summed E-state index contributed by atoms with van der Waals surface area (Å²) in [5.74, 6) is -6.06. The third kappa shape index (κ3) is 5.20. The van der Waals surface area contributed by atoms with Crippen molar-refractivity contribution in [3.63, 3.8) is 0 Å². The topological polar surface area (TPSA) is 202 Å². The highest BCUT2D eigenvalue weighted by Gasteiger charge is 2.84. The Labute approximate surface area is 247 Å². The number of carbonyl (C=O) groups is 3. The minimum atomic E-state index is -3.13. The largest absolute Gasteiger partial charge is 0.467 e. The number of rotatable bonds is 11. The van der Waals surface area contributed by atoms with Gasteiger partial charge < -0.3 is 39.0 Å². The van der Waals surface area contributed by atoms with Crippen LogP contribution >= 0.6 is 0 Å². The zero-order chi connectivity index (χ0) is 31.7. The molecule has 0 amide bonds. The lowest BCUT2D eigenvalue weighted by atomic mass is 9.74. The van der Waals surface area contributed by atoms with Gasteiger partial charge in [0.2, 0.25) is 11.2 Å². The van der Waals surface area contributed by atoms with Crippen molar-refractivity contribution >= 4 is 17.9 Å². The SMILES string of the molecule is C=C(CC[C@]12O[C@H](c3nnnn3C)[C@@](O)(C(=O)OC)[C@](C(=O)OC)(O1)[C@H](O)[C@H]2O)[C@@H](OC(C)=O)[C@H](C)Cc1ccccc1. The first kappa shape index (κ1) is 32.2. The zero-order valence-corrected chi connectivity index (χ0v) is 24.5. The van der Waals surface area contributed by atoms with E-state index in [-0.39, 0.29) is 24.6 Å². The molecule has 3 heterocycles. The van der Waals surface area contributed by atoms with Crippen LogP contribution in [0.4, 0.5) is 0 Å². The van der Waals surface area contributed by atoms with Gasteiger partial charge in [0, 0.05) is 26.3 Å². The minimum Gasteiger partial charge on any atom is -0.467 e. The van der Waals surface area contributed by atoms with Crippen molar-refractivity contribution in [2.45, 2.75) is 74.5 Å². The molecule has 1 aromatic heterocycles. The molecule has 2 aliphatic rings. The van der Waals surface area contributed by atoms with Crippen LogP contribution in [0.2, 0.25) is 0 Å². The van der Waals surface area contributed by atoms with Gasteiger partial charge in [0.15, 0.2) is 17.7 Å². The average molecular weight is 605 g/mol. The number of nitrogens with zero attached hydrogens (tertiary/aromatic N) is 4. The van der Waals surface area contributed by atoms with E-state index >= 15 is 0 Å². The molecule has 0 spiro atoms. The number of tetrazole rings is 1. The molecule has 15 heteroatoms. The molecule has 2 aliphatic heterocycles. The van der Waals surface area contributed by atoms with Crippen LogP contribution in [0.5, 0.6) is 0 Å². The Kier molecular flexibility index (Phi) is 9.04. The second kappa shape index (κ2) is 12.1. The molecule has 2 bridgehead atoms. The van der Waals surface area contributed by atoms with Gasteiger partial charge >= 0.3 is 17.9 Å². The monoisotopic (exact) mass is 604 g/mol. The van der Waals surface area contributed by atoms with E-state index in [4.69, 9.17) is 23.7 Å². The Bertz CT molecular complexity index is 1370. The highest BCUT2D eigenvalue weighted by molar-refractivity contribution is 5.95. The lowest BCUT2D eigenvalue weighted by Crippen LogP contribution is -2.74. The lowest BCUT2D eigenvalue weighted by Gasteiger charge is -2.50. The van der Waals surface area contributed by atoms with Crippen LogP contribution in [-0.4, -0.2) is 103 Å². The molecule has 0 aliphatic carbocycles. The number of hydrogen-bond acceptors (Lipinski definition) is 14. The molecule has 0 saturated carbocycles. The van der Waals surface area contributed by atoms with E-state index in [9.17, 15) is 29.7 Å². The summed E-state index contributed by atoms with van der Waals surface area (Å²) in [6.07, 6.45) is -6.65. The zero-order valence-electron chi connectivity index (χ0n) is 24.5. The fraction of sp³-hybridized carbons (Fsp3) is 0.571. The van der Waals surface area contributed by atoms with Crippen LogP contribution < -0.4 is 0 Å². The molecule has 0 unspecified atom stereocenters. The molecule has 1 aromatic carbocycles. The van der Waals surface area contributed by atoms with E-state index in [0.29, 0.717) is 12.0 Å². The Morgan fingerprint density at radius 2 is 1.77 bits per heavy atom. The average Bonchev–Trinajstić information content (AvgIpc) is 3.50. The maximum absolute atomic E-state index is 13.3. The number of methoxy groups -OCH3 is 2. The first-order valence-electron chi connectivity index (χ1n) is 13.5. The van der Waals surface area contributed by atoms with Crippen LogP contribution in [0.25, 0.3) is 0 Å². The van der Waals surface area contributed by atoms with Gasteiger partial charge in [-0.25, -0.2) is 14.3 Å². The van der Waals surface area contributed by atoms with E-state index < -0.39 is 59.3 Å². The van der Waals surface area contributed by atoms with Crippen molar-refractivity contribution in [3.8, 4) is 0 Å². The second-order valence-electron chi connectivity index (χ2n) is 10.8. The van der Waals surface area contributed by atoms with Gasteiger partial charge in [-0.15, -0.1) is 5.10 Å². The Hall–Kier alpha value is -3.76. The van der Waals surface area contributed by atoms with Crippen molar-refractivity contribution in [2.75, 3.05) is 14.2 Å². The van der Waals surface area contributed by atoms with Crippen molar-refractivity contribution in [3.05, 3.63) is 53.9 Å². The van der Waals surface area contributed by atoms with Crippen LogP contribution in [-0.2, 0) is 51.5 Å². The third-order valence-electron chi connectivity index (χ3n) is 8.04. The Morgan fingerprint density at radius 1 is 1.12 bits per heavy atom. The normalized spacial score (nSPS) is 31.1. The van der Waals surface area contributed by atoms with Crippen molar-refractivity contribution < 1.29 is 53.4 Å². The van der Waals surface area contributed by atoms with E-state index in [1.807, 2.05) is 37.3 Å². The van der Waals surface area contributed by atoms with Gasteiger partial charge in [-0.05, 0) is 34.4 Å². The number of ether oxygens (including phenoxy) is 5. The third-order valence-corrected chi connectivity index (χ3v) is 8.04. The first-order valence-corrected chi connectivity index (χ1v) is 13.5. The maximum Gasteiger partial charge on any atom is 0.345 e. The molecular weight excluding hydrogens is 568 g/mol. The van der Waals surface area contributed by atoms with Crippen LogP contribution in [0.1, 0.15) is 44.2 Å². The smallest absolute Gasteiger partial charge is 0.345 e. The predicted molar refractivity (Wildman–Crippen MR) is 143 cm³/mol. The maximum atomic E-state index is 13.3. The molecule has 2 aromatic rings. The summed E-state index contributed by atoms with van der Waals surface area (Å²) >= 11 is 0. The molecule has 234 valence electrons. The second-order valence-corrected chi connectivity index (χ2v) is 10.8. The number of hydrogen-bond donors (Lipinski definition) is 3. The van der Waals surface area contributed by atoms with Crippen LogP contribution in [0.15, 0.2) is 42.5 Å². The number of aliphatic hydroxyl groups excluding tert-OH is 2. The summed E-state index contributed by atoms with van der Waals surface area (Å²) < 4.78 is 28.4. The highest BCUT2D eigenvalue weighted by atomic mass is 16.8. The first-order chi connectivity index (χ1) is 20.3. The summed E-state index contributed by atoms with van der Waals surface area (Å²) in [5.41, 5.74) is -4.63. The molecule has 2 saturated heterocycles. The summed E-state index contributed by atoms with van der Waals surface area (Å²) in [6.45, 7) is 7.28. The van der Waals surface area contributed by atoms with Crippen molar-refractivity contribution in [1.29, 1.82) is 0 Å². The molecule has 8 atom stereocenters. The van der Waals surface area contributed by atoms with Gasteiger partial charge in [0.25, 0.3) is 0 Å². The fourth-order valence-electron chi connectivity index (χ4n) is 5.92. The number of benzene rings is 1. The number of esters is 3. The van der Waals surface area contributed by atoms with Gasteiger partial charge in [0.1, 0.15) is 18.3 Å². The predicted octanol–water partition coefficient (Wildman–Crippen LogP) is -0.307. The van der Waals surface area contributed by atoms with E-state index in [1.54, 1.807) is 0 Å². The highest BCUT2D eigenvalue weighted by Crippen LogP contribution is 2.59. The number of aromatic nitrogens is 4. The molecule has 4 rings (SSSR count). The van der Waals surface area contributed by atoms with E-state index in [2.05, 4.69) is 22.1 Å². The molecule has 2 fully saturated rings. The van der Waals surface area contributed by atoms with Crippen LogP contribution in [0, 0.1) is 5.92 Å². The summed E-state index contributed by atoms with van der Waals surface area (Å²) in [4.78, 5) is 38.6. The fourth-order valence-corrected chi connectivity index (χ4v) is 5.92. The van der Waals surface area contributed by atoms with Gasteiger partial charge in [-0.2, -0.15) is 0 Å². The van der Waals surface area contributed by atoms with Gasteiger partial charge in [-0.1, -0.05) is 43.8 Å². The quantitative estimate of drug-likeness (QED) is 0.171. The number of aliphatic hydroxyl groups is 3. The Balaban J connectivity index is 1.72. The number of fused-ring (bicyclic) bond motifs is 2. The number of aryl methyl sites for hydroxylation is 1. The molecule has 0 radical (unpaired) electrons. The molecule has 3 N–H and O–H groups in total. The van der Waals surface area contributed by atoms with Crippen molar-refractivity contribution in [2.24, 2.45) is 13.0 Å². The van der Waals surface area contributed by atoms with E-state index in [1.165, 1.54) is 14.0 Å².